The summed E-state index contributed by atoms with van der Waals surface area (Å²) in [5.74, 6) is -0.169. The first kappa shape index (κ1) is 13.4. The number of amides is 3. The molecule has 1 spiro atoms. The summed E-state index contributed by atoms with van der Waals surface area (Å²) < 4.78 is 1.59. The fourth-order valence-corrected chi connectivity index (χ4v) is 3.52. The van der Waals surface area contributed by atoms with Crippen molar-refractivity contribution in [2.45, 2.75) is 44.7 Å². The topological polar surface area (TPSA) is 67.2 Å². The van der Waals surface area contributed by atoms with Crippen molar-refractivity contribution in [3.8, 4) is 0 Å². The Bertz CT molecular complexity index is 589. The van der Waals surface area contributed by atoms with Crippen molar-refractivity contribution < 1.29 is 9.59 Å². The van der Waals surface area contributed by atoms with E-state index < -0.39 is 5.54 Å². The summed E-state index contributed by atoms with van der Waals surface area (Å²) in [5, 5.41) is 7.21. The lowest BCUT2D eigenvalue weighted by Crippen LogP contribution is -2.46. The summed E-state index contributed by atoms with van der Waals surface area (Å²) in [6, 6.07) is -0.323. The molecular formula is C13H17ClN4O2. The van der Waals surface area contributed by atoms with Crippen molar-refractivity contribution in [3.05, 3.63) is 16.4 Å². The lowest BCUT2D eigenvalue weighted by molar-refractivity contribution is -0.126. The van der Waals surface area contributed by atoms with Crippen LogP contribution in [0.25, 0.3) is 0 Å². The first-order chi connectivity index (χ1) is 9.45. The Balaban J connectivity index is 1.96. The SMILES string of the molecule is Cc1nn(C)c(Cl)c1CN1C(=O)NC(=O)C12CCCC2. The lowest BCUT2D eigenvalue weighted by atomic mass is 9.95. The molecule has 20 heavy (non-hydrogen) atoms. The molecule has 1 aromatic heterocycles. The summed E-state index contributed by atoms with van der Waals surface area (Å²) in [5.41, 5.74) is 0.922. The maximum Gasteiger partial charge on any atom is 0.325 e. The number of nitrogens with zero attached hydrogens (tertiary/aromatic N) is 3. The molecule has 0 atom stereocenters. The molecule has 2 aliphatic rings. The highest BCUT2D eigenvalue weighted by molar-refractivity contribution is 6.30. The van der Waals surface area contributed by atoms with E-state index in [0.717, 1.165) is 36.9 Å². The zero-order chi connectivity index (χ0) is 14.5. The largest absolute Gasteiger partial charge is 0.325 e. The molecule has 0 bridgehead atoms. The highest BCUT2D eigenvalue weighted by Gasteiger charge is 2.54. The fraction of sp³-hybridized carbons (Fsp3) is 0.615. The maximum absolute atomic E-state index is 12.2. The van der Waals surface area contributed by atoms with E-state index in [4.69, 9.17) is 11.6 Å². The van der Waals surface area contributed by atoms with Crippen LogP contribution >= 0.6 is 11.6 Å². The Morgan fingerprint density at radius 1 is 1.35 bits per heavy atom. The Morgan fingerprint density at radius 3 is 2.55 bits per heavy atom. The minimum Gasteiger partial charge on any atom is -0.305 e. The average molecular weight is 297 g/mol. The van der Waals surface area contributed by atoms with E-state index in [2.05, 4.69) is 10.4 Å². The summed E-state index contributed by atoms with van der Waals surface area (Å²) in [6.45, 7) is 2.19. The molecule has 2 fully saturated rings. The molecule has 108 valence electrons. The first-order valence-electron chi connectivity index (χ1n) is 6.77. The van der Waals surface area contributed by atoms with E-state index in [1.54, 1.807) is 16.6 Å². The highest BCUT2D eigenvalue weighted by Crippen LogP contribution is 2.40. The molecule has 0 aromatic carbocycles. The normalized spacial score (nSPS) is 21.1. The van der Waals surface area contributed by atoms with Gasteiger partial charge in [-0.15, -0.1) is 0 Å². The van der Waals surface area contributed by atoms with Gasteiger partial charge in [0.05, 0.1) is 12.2 Å². The van der Waals surface area contributed by atoms with Crippen molar-refractivity contribution in [2.75, 3.05) is 0 Å². The van der Waals surface area contributed by atoms with E-state index in [0.29, 0.717) is 11.7 Å². The summed E-state index contributed by atoms with van der Waals surface area (Å²) in [7, 11) is 1.76. The number of urea groups is 1. The monoisotopic (exact) mass is 296 g/mol. The van der Waals surface area contributed by atoms with Gasteiger partial charge in [-0.3, -0.25) is 14.8 Å². The molecule has 3 amide bonds. The van der Waals surface area contributed by atoms with Gasteiger partial charge in [-0.25, -0.2) is 4.79 Å². The second-order valence-corrected chi connectivity index (χ2v) is 5.92. The van der Waals surface area contributed by atoms with Crippen LogP contribution in [-0.4, -0.2) is 32.2 Å². The quantitative estimate of drug-likeness (QED) is 0.846. The van der Waals surface area contributed by atoms with Crippen LogP contribution < -0.4 is 5.32 Å². The van der Waals surface area contributed by atoms with Crippen LogP contribution in [0.4, 0.5) is 4.79 Å². The molecule has 1 saturated carbocycles. The second-order valence-electron chi connectivity index (χ2n) is 5.56. The van der Waals surface area contributed by atoms with Crippen molar-refractivity contribution in [1.29, 1.82) is 0 Å². The Labute approximate surface area is 122 Å². The number of halogens is 1. The Morgan fingerprint density at radius 2 is 2.00 bits per heavy atom. The van der Waals surface area contributed by atoms with Crippen LogP contribution in [0.15, 0.2) is 0 Å². The minimum absolute atomic E-state index is 0.169. The van der Waals surface area contributed by atoms with Gasteiger partial charge in [0.15, 0.2) is 0 Å². The smallest absolute Gasteiger partial charge is 0.305 e. The predicted octanol–water partition coefficient (Wildman–Crippen LogP) is 1.75. The summed E-state index contributed by atoms with van der Waals surface area (Å²) >= 11 is 6.23. The second kappa shape index (κ2) is 4.48. The van der Waals surface area contributed by atoms with Gasteiger partial charge in [0.25, 0.3) is 5.91 Å². The van der Waals surface area contributed by atoms with Crippen LogP contribution in [0.5, 0.6) is 0 Å². The van der Waals surface area contributed by atoms with Gasteiger partial charge in [-0.2, -0.15) is 5.10 Å². The van der Waals surface area contributed by atoms with E-state index in [-0.39, 0.29) is 11.9 Å². The minimum atomic E-state index is -0.678. The third-order valence-corrected chi connectivity index (χ3v) is 4.89. The predicted molar refractivity (Wildman–Crippen MR) is 73.2 cm³/mol. The number of rotatable bonds is 2. The van der Waals surface area contributed by atoms with E-state index in [1.807, 2.05) is 6.92 Å². The highest BCUT2D eigenvalue weighted by atomic mass is 35.5. The van der Waals surface area contributed by atoms with Gasteiger partial charge in [0.1, 0.15) is 10.7 Å². The molecule has 1 aliphatic carbocycles. The van der Waals surface area contributed by atoms with Crippen LogP contribution in [-0.2, 0) is 18.4 Å². The molecule has 2 heterocycles. The molecule has 0 unspecified atom stereocenters. The third kappa shape index (κ3) is 1.74. The molecule has 1 saturated heterocycles. The van der Waals surface area contributed by atoms with Gasteiger partial charge in [-0.05, 0) is 19.8 Å². The summed E-state index contributed by atoms with van der Waals surface area (Å²) in [4.78, 5) is 25.9. The first-order valence-corrected chi connectivity index (χ1v) is 7.14. The van der Waals surface area contributed by atoms with Gasteiger partial charge < -0.3 is 4.90 Å². The number of carbonyl (C=O) groups is 2. The van der Waals surface area contributed by atoms with E-state index in [1.165, 1.54) is 0 Å². The van der Waals surface area contributed by atoms with Gasteiger partial charge >= 0.3 is 6.03 Å². The Hall–Kier alpha value is -1.56. The van der Waals surface area contributed by atoms with Crippen molar-refractivity contribution in [3.63, 3.8) is 0 Å². The fourth-order valence-electron chi connectivity index (χ4n) is 3.29. The maximum atomic E-state index is 12.2. The molecular weight excluding hydrogens is 280 g/mol. The molecule has 6 nitrogen and oxygen atoms in total. The molecule has 1 aromatic rings. The van der Waals surface area contributed by atoms with E-state index >= 15 is 0 Å². The molecule has 1 N–H and O–H groups in total. The molecule has 3 rings (SSSR count). The third-order valence-electron chi connectivity index (χ3n) is 4.42. The van der Waals surface area contributed by atoms with Gasteiger partial charge in [0.2, 0.25) is 0 Å². The van der Waals surface area contributed by atoms with E-state index in [9.17, 15) is 9.59 Å². The van der Waals surface area contributed by atoms with Crippen LogP contribution in [0.2, 0.25) is 5.15 Å². The zero-order valence-corrected chi connectivity index (χ0v) is 12.3. The number of hydrogen-bond acceptors (Lipinski definition) is 3. The lowest BCUT2D eigenvalue weighted by Gasteiger charge is -2.31. The average Bonchev–Trinajstić information content (AvgIpc) is 3.01. The van der Waals surface area contributed by atoms with Gasteiger partial charge in [0, 0.05) is 12.6 Å². The van der Waals surface area contributed by atoms with Crippen LogP contribution in [0, 0.1) is 6.92 Å². The number of hydrogen-bond donors (Lipinski definition) is 1. The number of aryl methyl sites for hydroxylation is 2. The molecule has 0 radical (unpaired) electrons. The van der Waals surface area contributed by atoms with Crippen LogP contribution in [0.3, 0.4) is 0 Å². The number of imide groups is 1. The van der Waals surface area contributed by atoms with Crippen molar-refractivity contribution >= 4 is 23.5 Å². The standard InChI is InChI=1S/C13H17ClN4O2/c1-8-9(10(14)17(2)16-8)7-18-12(20)15-11(19)13(18)5-3-4-6-13/h3-7H2,1-2H3,(H,15,19,20). The summed E-state index contributed by atoms with van der Waals surface area (Å²) in [6.07, 6.45) is 3.39. The number of nitrogens with one attached hydrogen (secondary N) is 1. The molecule has 1 aliphatic heterocycles. The van der Waals surface area contributed by atoms with Crippen molar-refractivity contribution in [2.24, 2.45) is 7.05 Å². The van der Waals surface area contributed by atoms with Crippen LogP contribution in [0.1, 0.15) is 36.9 Å². The number of carbonyl (C=O) groups excluding carboxylic acids is 2. The van der Waals surface area contributed by atoms with Gasteiger partial charge in [-0.1, -0.05) is 24.4 Å². The Kier molecular flexibility index (Phi) is 3.01. The molecule has 7 heteroatoms. The van der Waals surface area contributed by atoms with Crippen molar-refractivity contribution in [1.82, 2.24) is 20.0 Å². The zero-order valence-electron chi connectivity index (χ0n) is 11.6. The number of aromatic nitrogens is 2.